The van der Waals surface area contributed by atoms with Crippen molar-refractivity contribution in [3.05, 3.63) is 59.7 Å². The monoisotopic (exact) mass is 471 g/mol. The third kappa shape index (κ3) is 8.12. The van der Waals surface area contributed by atoms with Gasteiger partial charge in [-0.1, -0.05) is 12.1 Å². The Hall–Kier alpha value is -3.01. The van der Waals surface area contributed by atoms with Gasteiger partial charge in [-0.05, 0) is 68.4 Å². The van der Waals surface area contributed by atoms with E-state index in [2.05, 4.69) is 16.0 Å². The van der Waals surface area contributed by atoms with Crippen molar-refractivity contribution in [1.29, 1.82) is 0 Å². The van der Waals surface area contributed by atoms with E-state index in [0.717, 1.165) is 19.4 Å². The van der Waals surface area contributed by atoms with Crippen molar-refractivity contribution in [3.63, 3.8) is 0 Å². The SMILES string of the molecule is CCOCCOc1cccc(C(=O)NC(=S)Nc2cccc(C(=O)NCC3CCCO3)c2)c1. The van der Waals surface area contributed by atoms with Gasteiger partial charge in [0, 0.05) is 36.6 Å². The second-order valence-electron chi connectivity index (χ2n) is 7.41. The van der Waals surface area contributed by atoms with E-state index >= 15 is 0 Å². The normalized spacial score (nSPS) is 15.0. The summed E-state index contributed by atoms with van der Waals surface area (Å²) in [5.41, 5.74) is 1.50. The van der Waals surface area contributed by atoms with Crippen molar-refractivity contribution in [2.75, 3.05) is 38.3 Å². The summed E-state index contributed by atoms with van der Waals surface area (Å²) in [4.78, 5) is 25.0. The molecule has 3 rings (SSSR count). The van der Waals surface area contributed by atoms with Crippen molar-refractivity contribution in [1.82, 2.24) is 10.6 Å². The van der Waals surface area contributed by atoms with Gasteiger partial charge in [0.15, 0.2) is 5.11 Å². The minimum atomic E-state index is -0.367. The van der Waals surface area contributed by atoms with Gasteiger partial charge in [0.2, 0.25) is 0 Å². The Kier molecular flexibility index (Phi) is 9.61. The predicted octanol–water partition coefficient (Wildman–Crippen LogP) is 3.14. The quantitative estimate of drug-likeness (QED) is 0.362. The summed E-state index contributed by atoms with van der Waals surface area (Å²) in [5, 5.41) is 8.60. The van der Waals surface area contributed by atoms with Gasteiger partial charge in [0.25, 0.3) is 11.8 Å². The van der Waals surface area contributed by atoms with Crippen LogP contribution in [0.2, 0.25) is 0 Å². The number of hydrogen-bond donors (Lipinski definition) is 3. The van der Waals surface area contributed by atoms with E-state index in [-0.39, 0.29) is 23.0 Å². The standard InChI is InChI=1S/C24H29N3O5S/c1-2-30-12-13-32-20-9-4-7-18(15-20)23(29)27-24(33)26-19-8-3-6-17(14-19)22(28)25-16-21-10-5-11-31-21/h3-4,6-9,14-15,21H,2,5,10-13,16H2,1H3,(H,25,28)(H2,26,27,29,33). The zero-order valence-corrected chi connectivity index (χ0v) is 19.4. The minimum absolute atomic E-state index is 0.0756. The minimum Gasteiger partial charge on any atom is -0.491 e. The van der Waals surface area contributed by atoms with Gasteiger partial charge in [-0.2, -0.15) is 0 Å². The molecule has 9 heteroatoms. The van der Waals surface area contributed by atoms with E-state index in [4.69, 9.17) is 26.4 Å². The number of hydrogen-bond acceptors (Lipinski definition) is 6. The van der Waals surface area contributed by atoms with Crippen LogP contribution in [-0.4, -0.2) is 56.0 Å². The largest absolute Gasteiger partial charge is 0.491 e. The average molecular weight is 472 g/mol. The van der Waals surface area contributed by atoms with Crippen molar-refractivity contribution < 1.29 is 23.8 Å². The second kappa shape index (κ2) is 12.9. The first-order valence-corrected chi connectivity index (χ1v) is 11.4. The van der Waals surface area contributed by atoms with Crippen LogP contribution in [0, 0.1) is 0 Å². The lowest BCUT2D eigenvalue weighted by Crippen LogP contribution is -2.34. The van der Waals surface area contributed by atoms with Crippen molar-refractivity contribution in [2.45, 2.75) is 25.9 Å². The van der Waals surface area contributed by atoms with Gasteiger partial charge in [-0.3, -0.25) is 14.9 Å². The maximum absolute atomic E-state index is 12.6. The van der Waals surface area contributed by atoms with E-state index < -0.39 is 0 Å². The molecule has 0 saturated carbocycles. The van der Waals surface area contributed by atoms with Crippen LogP contribution in [-0.2, 0) is 9.47 Å². The van der Waals surface area contributed by atoms with Crippen LogP contribution in [0.15, 0.2) is 48.5 Å². The van der Waals surface area contributed by atoms with Gasteiger partial charge in [-0.25, -0.2) is 0 Å². The molecule has 176 valence electrons. The maximum Gasteiger partial charge on any atom is 0.257 e. The van der Waals surface area contributed by atoms with E-state index in [9.17, 15) is 9.59 Å². The molecule has 0 bridgehead atoms. The fraction of sp³-hybridized carbons (Fsp3) is 0.375. The number of ether oxygens (including phenoxy) is 3. The molecule has 2 aromatic rings. The number of benzene rings is 2. The summed E-state index contributed by atoms with van der Waals surface area (Å²) in [6.07, 6.45) is 2.05. The summed E-state index contributed by atoms with van der Waals surface area (Å²) >= 11 is 5.27. The van der Waals surface area contributed by atoms with E-state index in [0.29, 0.717) is 48.9 Å². The van der Waals surface area contributed by atoms with Gasteiger partial charge < -0.3 is 24.8 Å². The number of carbonyl (C=O) groups is 2. The summed E-state index contributed by atoms with van der Waals surface area (Å²) in [6, 6.07) is 13.7. The number of rotatable bonds is 10. The lowest BCUT2D eigenvalue weighted by molar-refractivity contribution is 0.0857. The Morgan fingerprint density at radius 1 is 1.09 bits per heavy atom. The third-order valence-corrected chi connectivity index (χ3v) is 5.12. The summed E-state index contributed by atoms with van der Waals surface area (Å²) < 4.78 is 16.4. The Balaban J connectivity index is 1.50. The molecular weight excluding hydrogens is 442 g/mol. The molecule has 2 amide bonds. The lowest BCUT2D eigenvalue weighted by atomic mass is 10.1. The maximum atomic E-state index is 12.6. The number of amides is 2. The molecule has 33 heavy (non-hydrogen) atoms. The summed E-state index contributed by atoms with van der Waals surface area (Å²) in [6.45, 7) is 4.65. The third-order valence-electron chi connectivity index (χ3n) is 4.92. The molecule has 0 aromatic heterocycles. The Morgan fingerprint density at radius 2 is 1.88 bits per heavy atom. The zero-order valence-electron chi connectivity index (χ0n) is 18.6. The predicted molar refractivity (Wildman–Crippen MR) is 130 cm³/mol. The summed E-state index contributed by atoms with van der Waals surface area (Å²) in [7, 11) is 0. The first kappa shape index (κ1) is 24.6. The molecular formula is C24H29N3O5S. The number of thiocarbonyl (C=S) groups is 1. The molecule has 0 aliphatic carbocycles. The highest BCUT2D eigenvalue weighted by atomic mass is 32.1. The molecule has 1 aliphatic heterocycles. The van der Waals surface area contributed by atoms with Crippen molar-refractivity contribution in [2.24, 2.45) is 0 Å². The van der Waals surface area contributed by atoms with Crippen molar-refractivity contribution >= 4 is 34.8 Å². The van der Waals surface area contributed by atoms with E-state index in [1.54, 1.807) is 48.5 Å². The molecule has 1 fully saturated rings. The van der Waals surface area contributed by atoms with Crippen LogP contribution in [0.3, 0.4) is 0 Å². The topological polar surface area (TPSA) is 97.9 Å². The summed E-state index contributed by atoms with van der Waals surface area (Å²) in [5.74, 6) is 0.0152. The molecule has 8 nitrogen and oxygen atoms in total. The first-order chi connectivity index (χ1) is 16.0. The molecule has 1 atom stereocenters. The van der Waals surface area contributed by atoms with Gasteiger partial charge in [0.1, 0.15) is 12.4 Å². The zero-order chi connectivity index (χ0) is 23.5. The number of carbonyl (C=O) groups excluding carboxylic acids is 2. The molecule has 1 unspecified atom stereocenters. The highest BCUT2D eigenvalue weighted by molar-refractivity contribution is 7.80. The van der Waals surface area contributed by atoms with Crippen LogP contribution in [0.1, 0.15) is 40.5 Å². The fourth-order valence-electron chi connectivity index (χ4n) is 3.28. The molecule has 0 spiro atoms. The Labute approximate surface area is 199 Å². The number of nitrogens with one attached hydrogen (secondary N) is 3. The highest BCUT2D eigenvalue weighted by Crippen LogP contribution is 2.15. The molecule has 1 aliphatic rings. The number of anilines is 1. The van der Waals surface area contributed by atoms with Crippen LogP contribution >= 0.6 is 12.2 Å². The Morgan fingerprint density at radius 3 is 2.64 bits per heavy atom. The smallest absolute Gasteiger partial charge is 0.257 e. The van der Waals surface area contributed by atoms with Gasteiger partial charge in [-0.15, -0.1) is 0 Å². The molecule has 2 aromatic carbocycles. The fourth-order valence-corrected chi connectivity index (χ4v) is 3.49. The van der Waals surface area contributed by atoms with Crippen LogP contribution in [0.25, 0.3) is 0 Å². The molecule has 3 N–H and O–H groups in total. The van der Waals surface area contributed by atoms with E-state index in [1.807, 2.05) is 6.92 Å². The molecule has 0 radical (unpaired) electrons. The van der Waals surface area contributed by atoms with Crippen LogP contribution < -0.4 is 20.7 Å². The molecule has 1 saturated heterocycles. The first-order valence-electron chi connectivity index (χ1n) is 11.0. The lowest BCUT2D eigenvalue weighted by Gasteiger charge is -2.13. The second-order valence-corrected chi connectivity index (χ2v) is 7.82. The average Bonchev–Trinajstić information content (AvgIpc) is 3.34. The van der Waals surface area contributed by atoms with E-state index in [1.165, 1.54) is 0 Å². The van der Waals surface area contributed by atoms with Crippen molar-refractivity contribution in [3.8, 4) is 5.75 Å². The Bertz CT molecular complexity index is 963. The highest BCUT2D eigenvalue weighted by Gasteiger charge is 2.17. The molecule has 1 heterocycles. The van der Waals surface area contributed by atoms with Gasteiger partial charge >= 0.3 is 0 Å². The van der Waals surface area contributed by atoms with Gasteiger partial charge in [0.05, 0.1) is 12.7 Å². The van der Waals surface area contributed by atoms with Crippen LogP contribution in [0.4, 0.5) is 5.69 Å². The van der Waals surface area contributed by atoms with Crippen LogP contribution in [0.5, 0.6) is 5.75 Å².